The average Bonchev–Trinajstić information content (AvgIpc) is 3.68. The first-order chi connectivity index (χ1) is 22.0. The summed E-state index contributed by atoms with van der Waals surface area (Å²) in [6.45, 7) is 19.5. The Kier molecular flexibility index (Phi) is 12.3. The molecular formula is C43H48Cl2O2Zr. The van der Waals surface area contributed by atoms with Crippen LogP contribution in [0.5, 0.6) is 11.5 Å². The van der Waals surface area contributed by atoms with E-state index < -0.39 is 21.3 Å². The van der Waals surface area contributed by atoms with Gasteiger partial charge in [-0.05, 0) is 0 Å². The second-order valence-electron chi connectivity index (χ2n) is 14.6. The summed E-state index contributed by atoms with van der Waals surface area (Å²) in [6, 6.07) is 30.1. The van der Waals surface area contributed by atoms with Gasteiger partial charge in [0.05, 0.1) is 0 Å². The summed E-state index contributed by atoms with van der Waals surface area (Å²) < 4.78 is 16.5. The molecule has 4 aromatic rings. The zero-order valence-corrected chi connectivity index (χ0v) is 33.6. The van der Waals surface area contributed by atoms with E-state index in [9.17, 15) is 0 Å². The second-order valence-corrected chi connectivity index (χ2v) is 20.6. The van der Waals surface area contributed by atoms with Crippen LogP contribution in [0.2, 0.25) is 0 Å². The Hall–Kier alpha value is -2.71. The van der Waals surface area contributed by atoms with Crippen molar-refractivity contribution >= 4 is 6.48 Å². The Morgan fingerprint density at radius 2 is 1.21 bits per heavy atom. The van der Waals surface area contributed by atoms with E-state index >= 15 is 0 Å². The summed E-state index contributed by atoms with van der Waals surface area (Å²) in [4.78, 5) is 0. The number of ether oxygens (including phenoxy) is 2. The molecule has 0 N–H and O–H groups in total. The van der Waals surface area contributed by atoms with Crippen LogP contribution < -0.4 is 37.6 Å². The molecule has 0 atom stereocenters. The van der Waals surface area contributed by atoms with Crippen LogP contribution in [0.1, 0.15) is 95.2 Å². The molecule has 250 valence electrons. The Labute approximate surface area is 308 Å². The summed E-state index contributed by atoms with van der Waals surface area (Å²) >= 11 is -2.82. The van der Waals surface area contributed by atoms with Crippen LogP contribution >= 0.6 is 0 Å². The first-order valence-corrected chi connectivity index (χ1v) is 20.5. The van der Waals surface area contributed by atoms with Crippen molar-refractivity contribution in [1.29, 1.82) is 0 Å². The number of halogens is 2. The monoisotopic (exact) mass is 756 g/mol. The summed E-state index contributed by atoms with van der Waals surface area (Å²) in [5, 5.41) is 0. The minimum absolute atomic E-state index is 0. The number of hydrogen-bond acceptors (Lipinski definition) is 2. The summed E-state index contributed by atoms with van der Waals surface area (Å²) in [5.74, 6) is 1.84. The van der Waals surface area contributed by atoms with E-state index in [2.05, 4.69) is 139 Å². The summed E-state index contributed by atoms with van der Waals surface area (Å²) in [6.07, 6.45) is 9.10. The fraction of sp³-hybridized carbons (Fsp3) is 0.326. The van der Waals surface area contributed by atoms with Crippen molar-refractivity contribution in [3.05, 3.63) is 134 Å². The Bertz CT molecular complexity index is 1800. The van der Waals surface area contributed by atoms with E-state index in [-0.39, 0.29) is 35.6 Å². The molecule has 2 aliphatic carbocycles. The maximum atomic E-state index is 5.89. The predicted octanol–water partition coefficient (Wildman–Crippen LogP) is 4.01. The minimum atomic E-state index is -2.82. The van der Waals surface area contributed by atoms with Crippen LogP contribution in [0.3, 0.4) is 0 Å². The van der Waals surface area contributed by atoms with Gasteiger partial charge in [-0.2, -0.15) is 0 Å². The standard InChI is InChI=1S/C21H25.C17H18O2.C5H5.2ClH.Zr/c1-20(2,3)16-9-7-14-11-15-8-10-17(21(4,5)6)13-19(15)18(14)12-16;1-3-18-16-9-5-14(6-10-16)13-15-7-11-17(12-8-15)19-4-2;1-2-4-5-3-1;;;/h7,9-10,12-13H,11H2,1-6H3;5-12H,3-4H2,1-2H3;1-3H,4H2;2*1H;/q;;;;;+2/p-2. The van der Waals surface area contributed by atoms with Gasteiger partial charge in [0.2, 0.25) is 0 Å². The van der Waals surface area contributed by atoms with E-state index in [1.165, 1.54) is 42.2 Å². The quantitative estimate of drug-likeness (QED) is 0.239. The average molecular weight is 759 g/mol. The van der Waals surface area contributed by atoms with Crippen molar-refractivity contribution in [1.82, 2.24) is 0 Å². The number of hydrogen-bond donors (Lipinski definition) is 0. The molecule has 0 fully saturated rings. The molecule has 2 nitrogen and oxygen atoms in total. The maximum Gasteiger partial charge on any atom is -1.00 e. The van der Waals surface area contributed by atoms with Crippen LogP contribution in [-0.4, -0.2) is 16.4 Å². The van der Waals surface area contributed by atoms with E-state index in [0.29, 0.717) is 13.2 Å². The third-order valence-electron chi connectivity index (χ3n) is 9.27. The van der Waals surface area contributed by atoms with Crippen LogP contribution in [0, 0.1) is 0 Å². The van der Waals surface area contributed by atoms with Crippen molar-refractivity contribution in [2.24, 2.45) is 0 Å². The third kappa shape index (κ3) is 7.85. The molecule has 4 aromatic carbocycles. The molecule has 0 saturated carbocycles. The Balaban J connectivity index is 0.00000260. The van der Waals surface area contributed by atoms with Crippen LogP contribution in [-0.2, 0) is 38.5 Å². The molecule has 6 rings (SSSR count). The van der Waals surface area contributed by atoms with E-state index in [0.717, 1.165) is 24.3 Å². The topological polar surface area (TPSA) is 18.5 Å². The second kappa shape index (κ2) is 15.5. The van der Waals surface area contributed by atoms with Crippen molar-refractivity contribution in [2.75, 3.05) is 13.2 Å². The molecule has 0 saturated heterocycles. The predicted molar refractivity (Wildman–Crippen MR) is 192 cm³/mol. The molecule has 48 heavy (non-hydrogen) atoms. The van der Waals surface area contributed by atoms with Gasteiger partial charge in [-0.25, -0.2) is 0 Å². The molecule has 0 aromatic heterocycles. The first-order valence-electron chi connectivity index (χ1n) is 16.9. The molecule has 0 bridgehead atoms. The normalized spacial score (nSPS) is 12.9. The number of benzene rings is 4. The van der Waals surface area contributed by atoms with Gasteiger partial charge >= 0.3 is 286 Å². The van der Waals surface area contributed by atoms with Gasteiger partial charge in [-0.15, -0.1) is 0 Å². The SMILES string of the molecule is CCOc1ccc([C](c2ccc(OCC)cc2)=[Zr+2]([C]2=CC=CC2)[c]2cc(C(C)(C)C)cc3c2Cc2ccc(C(C)(C)C)cc2-3)cc1.[Cl-].[Cl-]. The van der Waals surface area contributed by atoms with Crippen LogP contribution in [0.15, 0.2) is 100 Å². The van der Waals surface area contributed by atoms with E-state index in [1.54, 1.807) is 12.1 Å². The first kappa shape index (κ1) is 38.1. The molecule has 0 radical (unpaired) electrons. The number of rotatable bonds is 8. The third-order valence-corrected chi connectivity index (χ3v) is 16.8. The van der Waals surface area contributed by atoms with Crippen LogP contribution in [0.25, 0.3) is 11.1 Å². The zero-order chi connectivity index (χ0) is 32.6. The van der Waals surface area contributed by atoms with Gasteiger partial charge in [-0.3, -0.25) is 0 Å². The van der Waals surface area contributed by atoms with Crippen molar-refractivity contribution in [3.8, 4) is 22.6 Å². The molecule has 0 unspecified atom stereocenters. The van der Waals surface area contributed by atoms with Gasteiger partial charge in [-0.1, -0.05) is 0 Å². The van der Waals surface area contributed by atoms with Gasteiger partial charge in [0.15, 0.2) is 0 Å². The van der Waals surface area contributed by atoms with Crippen molar-refractivity contribution in [2.45, 2.75) is 79.1 Å². The van der Waals surface area contributed by atoms with Gasteiger partial charge in [0, 0.05) is 0 Å². The largest absolute Gasteiger partial charge is 1.00 e. The van der Waals surface area contributed by atoms with E-state index in [4.69, 9.17) is 9.47 Å². The molecule has 0 aliphatic heterocycles. The van der Waals surface area contributed by atoms with Gasteiger partial charge < -0.3 is 24.8 Å². The maximum absolute atomic E-state index is 5.89. The zero-order valence-electron chi connectivity index (χ0n) is 29.6. The molecular weight excluding hydrogens is 711 g/mol. The summed E-state index contributed by atoms with van der Waals surface area (Å²) in [5.41, 5.74) is 11.5. The summed E-state index contributed by atoms with van der Waals surface area (Å²) in [7, 11) is 0. The number of fused-ring (bicyclic) bond motifs is 3. The number of allylic oxidation sites excluding steroid dienone is 4. The molecule has 2 aliphatic rings. The van der Waals surface area contributed by atoms with Gasteiger partial charge in [0.25, 0.3) is 0 Å². The molecule has 0 heterocycles. The minimum Gasteiger partial charge on any atom is -1.00 e. The molecule has 0 spiro atoms. The van der Waals surface area contributed by atoms with Crippen molar-refractivity contribution in [3.63, 3.8) is 0 Å². The van der Waals surface area contributed by atoms with Crippen molar-refractivity contribution < 1.29 is 55.6 Å². The van der Waals surface area contributed by atoms with Gasteiger partial charge in [0.1, 0.15) is 0 Å². The fourth-order valence-electron chi connectivity index (χ4n) is 6.72. The Morgan fingerprint density at radius 3 is 1.69 bits per heavy atom. The molecule has 0 amide bonds. The van der Waals surface area contributed by atoms with Crippen LogP contribution in [0.4, 0.5) is 0 Å². The Morgan fingerprint density at radius 1 is 0.667 bits per heavy atom. The fourth-order valence-corrected chi connectivity index (χ4v) is 14.7. The smallest absolute Gasteiger partial charge is 1.00 e. The van der Waals surface area contributed by atoms with E-state index in [1.807, 2.05) is 13.8 Å². The molecule has 5 heteroatoms.